The van der Waals surface area contributed by atoms with Gasteiger partial charge < -0.3 is 24.3 Å². The summed E-state index contributed by atoms with van der Waals surface area (Å²) in [5.74, 6) is 0.169. The Hall–Kier alpha value is -1.25. The van der Waals surface area contributed by atoms with Crippen molar-refractivity contribution in [2.45, 2.75) is 90.2 Å². The lowest BCUT2D eigenvalue weighted by Gasteiger charge is -2.29. The molecule has 2 N–H and O–H groups in total. The van der Waals surface area contributed by atoms with Crippen LogP contribution in [0.4, 0.5) is 5.82 Å². The van der Waals surface area contributed by atoms with Gasteiger partial charge in [-0.3, -0.25) is 9.13 Å². The van der Waals surface area contributed by atoms with Crippen LogP contribution in [-0.2, 0) is 29.6 Å². The highest BCUT2D eigenvalue weighted by Gasteiger charge is 2.33. The van der Waals surface area contributed by atoms with Gasteiger partial charge in [0.2, 0.25) is 0 Å². The number of ether oxygens (including phenoxy) is 2. The van der Waals surface area contributed by atoms with Crippen molar-refractivity contribution in [2.24, 2.45) is 0 Å². The van der Waals surface area contributed by atoms with Gasteiger partial charge in [0.15, 0.2) is 0 Å². The molecule has 2 rings (SSSR count). The molecule has 0 amide bonds. The highest BCUT2D eigenvalue weighted by molar-refractivity contribution is 7.53. The molecule has 1 aromatic heterocycles. The predicted octanol–water partition coefficient (Wildman–Crippen LogP) is 4.74. The molecule has 1 aliphatic rings. The van der Waals surface area contributed by atoms with E-state index in [1.807, 2.05) is 0 Å². The van der Waals surface area contributed by atoms with Crippen molar-refractivity contribution in [1.82, 2.24) is 9.55 Å². The maximum Gasteiger partial charge on any atom is 0.356 e. The highest BCUT2D eigenvalue weighted by atomic mass is 31.2. The van der Waals surface area contributed by atoms with E-state index >= 15 is 0 Å². The van der Waals surface area contributed by atoms with Crippen molar-refractivity contribution >= 4 is 13.4 Å². The standard InChI is InChI=1S/C23H42N3O6P/c1-2-3-4-5-6-7-8-9-10-11-15-29-16-12-17-31-33(28)20-30-21(19-32-33)18-26-14-13-22(24)25-23(26)27/h13-14,21H,2-12,15-20H2,1H3,(H2,24,25,27)/t21-,33?/m0/s1. The lowest BCUT2D eigenvalue weighted by molar-refractivity contribution is -0.0154. The van der Waals surface area contributed by atoms with Crippen LogP contribution >= 0.6 is 7.60 Å². The lowest BCUT2D eigenvalue weighted by Crippen LogP contribution is -2.35. The summed E-state index contributed by atoms with van der Waals surface area (Å²) in [6.07, 6.45) is 14.7. The molecule has 0 spiro atoms. The Labute approximate surface area is 197 Å². The normalized spacial score (nSPS) is 20.8. The lowest BCUT2D eigenvalue weighted by atomic mass is 10.1. The zero-order chi connectivity index (χ0) is 23.8. The number of nitrogens with two attached hydrogens (primary N) is 1. The molecule has 0 aromatic carbocycles. The molecule has 0 radical (unpaired) electrons. The van der Waals surface area contributed by atoms with Gasteiger partial charge in [0.05, 0.1) is 19.8 Å². The summed E-state index contributed by atoms with van der Waals surface area (Å²) in [5, 5.41) is 0. The van der Waals surface area contributed by atoms with Crippen LogP contribution in [-0.4, -0.2) is 48.4 Å². The van der Waals surface area contributed by atoms with Crippen molar-refractivity contribution in [1.29, 1.82) is 0 Å². The van der Waals surface area contributed by atoms with Crippen LogP contribution in [0.3, 0.4) is 0 Å². The third-order valence-corrected chi connectivity index (χ3v) is 7.17. The van der Waals surface area contributed by atoms with Gasteiger partial charge in [0.25, 0.3) is 0 Å². The molecule has 0 bridgehead atoms. The fourth-order valence-corrected chi connectivity index (χ4v) is 5.03. The number of hydrogen-bond donors (Lipinski definition) is 1. The monoisotopic (exact) mass is 487 g/mol. The van der Waals surface area contributed by atoms with Crippen molar-refractivity contribution < 1.29 is 23.1 Å². The molecule has 1 unspecified atom stereocenters. The topological polar surface area (TPSA) is 115 Å². The molecule has 0 saturated carbocycles. The second-order valence-corrected chi connectivity index (χ2v) is 10.6. The molecule has 1 fully saturated rings. The van der Waals surface area contributed by atoms with Crippen molar-refractivity contribution in [3.63, 3.8) is 0 Å². The van der Waals surface area contributed by atoms with Gasteiger partial charge in [-0.1, -0.05) is 64.7 Å². The van der Waals surface area contributed by atoms with Crippen LogP contribution in [0.5, 0.6) is 0 Å². The van der Waals surface area contributed by atoms with Gasteiger partial charge in [0, 0.05) is 19.4 Å². The number of rotatable bonds is 18. The van der Waals surface area contributed by atoms with Gasteiger partial charge in [-0.15, -0.1) is 0 Å². The third-order valence-electron chi connectivity index (χ3n) is 5.58. The van der Waals surface area contributed by atoms with Crippen LogP contribution in [0.25, 0.3) is 0 Å². The average molecular weight is 488 g/mol. The molecule has 2 atom stereocenters. The smallest absolute Gasteiger partial charge is 0.356 e. The Balaban J connectivity index is 1.42. The summed E-state index contributed by atoms with van der Waals surface area (Å²) in [6.45, 7) is 4.22. The fraction of sp³-hybridized carbons (Fsp3) is 0.826. The minimum absolute atomic E-state index is 0.0866. The van der Waals surface area contributed by atoms with Gasteiger partial charge in [-0.05, 0) is 18.9 Å². The van der Waals surface area contributed by atoms with Crippen LogP contribution in [0.1, 0.15) is 77.6 Å². The summed E-state index contributed by atoms with van der Waals surface area (Å²) in [5.41, 5.74) is 5.03. The maximum atomic E-state index is 12.6. The summed E-state index contributed by atoms with van der Waals surface area (Å²) in [4.78, 5) is 15.5. The van der Waals surface area contributed by atoms with E-state index in [2.05, 4.69) is 11.9 Å². The van der Waals surface area contributed by atoms with E-state index in [-0.39, 0.29) is 25.3 Å². The number of unbranched alkanes of at least 4 members (excludes halogenated alkanes) is 9. The second kappa shape index (κ2) is 16.4. The predicted molar refractivity (Wildman–Crippen MR) is 129 cm³/mol. The Bertz CT molecular complexity index is 748. The second-order valence-electron chi connectivity index (χ2n) is 8.59. The van der Waals surface area contributed by atoms with Crippen LogP contribution in [0, 0.1) is 0 Å². The maximum absolute atomic E-state index is 12.6. The minimum atomic E-state index is -3.26. The number of nitrogens with zero attached hydrogens (tertiary/aromatic N) is 2. The SMILES string of the molecule is CCCCCCCCCCCCOCCCOP1(=O)CO[C@@H](Cn2ccc(N)nc2=O)CO1. The molecule has 2 heterocycles. The van der Waals surface area contributed by atoms with Crippen molar-refractivity contribution in [3.8, 4) is 0 Å². The van der Waals surface area contributed by atoms with E-state index in [1.54, 1.807) is 6.20 Å². The number of nitrogen functional groups attached to an aromatic ring is 1. The van der Waals surface area contributed by atoms with E-state index in [0.29, 0.717) is 19.6 Å². The van der Waals surface area contributed by atoms with Crippen LogP contribution in [0.2, 0.25) is 0 Å². The highest BCUT2D eigenvalue weighted by Crippen LogP contribution is 2.50. The third kappa shape index (κ3) is 12.1. The summed E-state index contributed by atoms with van der Waals surface area (Å²) >= 11 is 0. The molecular formula is C23H42N3O6P. The van der Waals surface area contributed by atoms with Gasteiger partial charge in [0.1, 0.15) is 18.3 Å². The molecule has 0 aliphatic carbocycles. The van der Waals surface area contributed by atoms with Gasteiger partial charge in [-0.25, -0.2) is 4.79 Å². The number of hydrogen-bond acceptors (Lipinski definition) is 8. The molecule has 1 aliphatic heterocycles. The minimum Gasteiger partial charge on any atom is -0.383 e. The summed E-state index contributed by atoms with van der Waals surface area (Å²) < 4.78 is 36.1. The Kier molecular flexibility index (Phi) is 13.9. The molecule has 1 saturated heterocycles. The van der Waals surface area contributed by atoms with E-state index < -0.39 is 19.4 Å². The summed E-state index contributed by atoms with van der Waals surface area (Å²) in [6, 6.07) is 1.54. The summed E-state index contributed by atoms with van der Waals surface area (Å²) in [7, 11) is -3.26. The molecule has 9 nitrogen and oxygen atoms in total. The largest absolute Gasteiger partial charge is 0.383 e. The first-order valence-corrected chi connectivity index (χ1v) is 14.2. The average Bonchev–Trinajstić information content (AvgIpc) is 2.80. The van der Waals surface area contributed by atoms with Crippen LogP contribution < -0.4 is 11.4 Å². The molecule has 1 aromatic rings. The number of anilines is 1. The first-order valence-electron chi connectivity index (χ1n) is 12.4. The quantitative estimate of drug-likeness (QED) is 0.233. The van der Waals surface area contributed by atoms with Crippen LogP contribution in [0.15, 0.2) is 17.1 Å². The number of aromatic nitrogens is 2. The van der Waals surface area contributed by atoms with Crippen molar-refractivity contribution in [2.75, 3.05) is 38.5 Å². The van der Waals surface area contributed by atoms with E-state index in [1.165, 1.54) is 68.4 Å². The molecule has 33 heavy (non-hydrogen) atoms. The zero-order valence-electron chi connectivity index (χ0n) is 20.1. The molecule has 10 heteroatoms. The molecule has 190 valence electrons. The Morgan fingerprint density at radius 2 is 1.73 bits per heavy atom. The van der Waals surface area contributed by atoms with Crippen molar-refractivity contribution in [3.05, 3.63) is 22.7 Å². The van der Waals surface area contributed by atoms with Gasteiger partial charge >= 0.3 is 13.3 Å². The van der Waals surface area contributed by atoms with Gasteiger partial charge in [-0.2, -0.15) is 4.98 Å². The Morgan fingerprint density at radius 3 is 2.36 bits per heavy atom. The molecular weight excluding hydrogens is 445 g/mol. The first kappa shape index (κ1) is 28.0. The zero-order valence-corrected chi connectivity index (χ0v) is 21.0. The van der Waals surface area contributed by atoms with E-state index in [4.69, 9.17) is 24.3 Å². The fourth-order valence-electron chi connectivity index (χ4n) is 3.62. The Morgan fingerprint density at radius 1 is 1.06 bits per heavy atom. The van der Waals surface area contributed by atoms with E-state index in [0.717, 1.165) is 13.0 Å². The van der Waals surface area contributed by atoms with E-state index in [9.17, 15) is 9.36 Å². The first-order chi connectivity index (χ1) is 16.0.